The first kappa shape index (κ1) is 12.9. The van der Waals surface area contributed by atoms with Crippen molar-refractivity contribution >= 4 is 0 Å². The van der Waals surface area contributed by atoms with Crippen LogP contribution in [0.1, 0.15) is 46.5 Å². The van der Waals surface area contributed by atoms with Crippen molar-refractivity contribution < 1.29 is 4.74 Å². The topological polar surface area (TPSA) is 21.3 Å². The normalized spacial score (nSPS) is 12.0. The molecule has 0 amide bonds. The molecule has 0 saturated heterocycles. The number of hydrogen-bond donors (Lipinski definition) is 1. The van der Waals surface area contributed by atoms with Crippen LogP contribution in [-0.4, -0.2) is 25.8 Å². The second-order valence-corrected chi connectivity index (χ2v) is 4.58. The summed E-state index contributed by atoms with van der Waals surface area (Å²) in [6.45, 7) is 8.66. The van der Waals surface area contributed by atoms with E-state index in [9.17, 15) is 0 Å². The molecular weight excluding hydrogens is 162 g/mol. The van der Waals surface area contributed by atoms with Gasteiger partial charge in [-0.25, -0.2) is 0 Å². The van der Waals surface area contributed by atoms with Crippen LogP contribution in [0.25, 0.3) is 0 Å². The summed E-state index contributed by atoms with van der Waals surface area (Å²) in [6, 6.07) is 0. The van der Waals surface area contributed by atoms with Crippen molar-refractivity contribution in [3.63, 3.8) is 0 Å². The molecule has 0 radical (unpaired) electrons. The van der Waals surface area contributed by atoms with E-state index in [2.05, 4.69) is 26.1 Å². The summed E-state index contributed by atoms with van der Waals surface area (Å²) in [5.74, 6) is 0. The van der Waals surface area contributed by atoms with Crippen LogP contribution in [0.5, 0.6) is 0 Å². The zero-order valence-corrected chi connectivity index (χ0v) is 9.65. The Morgan fingerprint density at radius 1 is 1.00 bits per heavy atom. The lowest BCUT2D eigenvalue weighted by Crippen LogP contribution is -2.36. The lowest BCUT2D eigenvalue weighted by atomic mass is 10.1. The van der Waals surface area contributed by atoms with Crippen molar-refractivity contribution in [2.75, 3.05) is 20.3 Å². The van der Waals surface area contributed by atoms with Gasteiger partial charge in [0.1, 0.15) is 0 Å². The third-order valence-corrected chi connectivity index (χ3v) is 1.93. The van der Waals surface area contributed by atoms with Gasteiger partial charge in [-0.3, -0.25) is 0 Å². The van der Waals surface area contributed by atoms with Crippen LogP contribution < -0.4 is 5.32 Å². The molecule has 0 aliphatic heterocycles. The Balaban J connectivity index is 3.00. The predicted octanol–water partition coefficient (Wildman–Crippen LogP) is 2.58. The smallest absolute Gasteiger partial charge is 0.0462 e. The van der Waals surface area contributed by atoms with Crippen LogP contribution in [0, 0.1) is 0 Å². The molecular formula is C11H25NO. The molecule has 0 aliphatic carbocycles. The maximum atomic E-state index is 4.99. The van der Waals surface area contributed by atoms with E-state index < -0.39 is 0 Å². The SMILES string of the molecule is COCCCCCCNC(C)(C)C. The van der Waals surface area contributed by atoms with Gasteiger partial charge in [0.2, 0.25) is 0 Å². The number of unbranched alkanes of at least 4 members (excludes halogenated alkanes) is 3. The first-order valence-corrected chi connectivity index (χ1v) is 5.30. The van der Waals surface area contributed by atoms with Gasteiger partial charge in [-0.05, 0) is 40.2 Å². The molecule has 0 heterocycles. The molecule has 2 heteroatoms. The largest absolute Gasteiger partial charge is 0.385 e. The molecule has 0 aromatic heterocycles. The Kier molecular flexibility index (Phi) is 7.29. The van der Waals surface area contributed by atoms with E-state index in [4.69, 9.17) is 4.74 Å². The molecule has 2 nitrogen and oxygen atoms in total. The van der Waals surface area contributed by atoms with E-state index in [0.717, 1.165) is 13.2 Å². The molecule has 0 unspecified atom stereocenters. The third-order valence-electron chi connectivity index (χ3n) is 1.93. The van der Waals surface area contributed by atoms with Gasteiger partial charge < -0.3 is 10.1 Å². The molecule has 0 aromatic rings. The minimum absolute atomic E-state index is 0.270. The third kappa shape index (κ3) is 11.9. The average Bonchev–Trinajstić information content (AvgIpc) is 2.01. The highest BCUT2D eigenvalue weighted by atomic mass is 16.5. The maximum absolute atomic E-state index is 4.99. The Morgan fingerprint density at radius 3 is 2.15 bits per heavy atom. The Labute approximate surface area is 83.1 Å². The van der Waals surface area contributed by atoms with Gasteiger partial charge in [0, 0.05) is 19.3 Å². The number of ether oxygens (including phenoxy) is 1. The highest BCUT2D eigenvalue weighted by molar-refractivity contribution is 4.69. The molecule has 1 N–H and O–H groups in total. The fraction of sp³-hybridized carbons (Fsp3) is 1.00. The van der Waals surface area contributed by atoms with Gasteiger partial charge in [0.05, 0.1) is 0 Å². The van der Waals surface area contributed by atoms with E-state index in [1.165, 1.54) is 25.7 Å². The van der Waals surface area contributed by atoms with Crippen molar-refractivity contribution in [2.45, 2.75) is 52.0 Å². The quantitative estimate of drug-likeness (QED) is 0.619. The summed E-state index contributed by atoms with van der Waals surface area (Å²) in [5.41, 5.74) is 0.270. The fourth-order valence-corrected chi connectivity index (χ4v) is 1.19. The van der Waals surface area contributed by atoms with Gasteiger partial charge in [0.25, 0.3) is 0 Å². The Bertz CT molecular complexity index is 107. The molecule has 0 aliphatic rings. The summed E-state index contributed by atoms with van der Waals surface area (Å²) in [6.07, 6.45) is 5.08. The fourth-order valence-electron chi connectivity index (χ4n) is 1.19. The standard InChI is InChI=1S/C11H25NO/c1-11(2,3)12-9-7-5-6-8-10-13-4/h12H,5-10H2,1-4H3. The van der Waals surface area contributed by atoms with E-state index in [1.807, 2.05) is 0 Å². The van der Waals surface area contributed by atoms with Crippen molar-refractivity contribution in [2.24, 2.45) is 0 Å². The average molecular weight is 187 g/mol. The molecule has 0 atom stereocenters. The maximum Gasteiger partial charge on any atom is 0.0462 e. The van der Waals surface area contributed by atoms with Crippen LogP contribution in [0.3, 0.4) is 0 Å². The highest BCUT2D eigenvalue weighted by Gasteiger charge is 2.06. The number of nitrogens with one attached hydrogen (secondary N) is 1. The van der Waals surface area contributed by atoms with Crippen LogP contribution >= 0.6 is 0 Å². The Morgan fingerprint density at radius 2 is 1.62 bits per heavy atom. The van der Waals surface area contributed by atoms with E-state index in [-0.39, 0.29) is 5.54 Å². The lowest BCUT2D eigenvalue weighted by Gasteiger charge is -2.20. The van der Waals surface area contributed by atoms with Gasteiger partial charge >= 0.3 is 0 Å². The molecule has 0 spiro atoms. The number of methoxy groups -OCH3 is 1. The number of hydrogen-bond acceptors (Lipinski definition) is 2. The van der Waals surface area contributed by atoms with Gasteiger partial charge in [-0.2, -0.15) is 0 Å². The lowest BCUT2D eigenvalue weighted by molar-refractivity contribution is 0.192. The molecule has 0 bridgehead atoms. The second-order valence-electron chi connectivity index (χ2n) is 4.58. The van der Waals surface area contributed by atoms with Gasteiger partial charge in [-0.1, -0.05) is 12.8 Å². The summed E-state index contributed by atoms with van der Waals surface area (Å²) in [5, 5.41) is 3.48. The van der Waals surface area contributed by atoms with Crippen molar-refractivity contribution in [3.05, 3.63) is 0 Å². The second kappa shape index (κ2) is 7.34. The first-order valence-electron chi connectivity index (χ1n) is 5.30. The predicted molar refractivity (Wildman–Crippen MR) is 58.1 cm³/mol. The molecule has 0 rings (SSSR count). The van der Waals surface area contributed by atoms with Crippen LogP contribution in [0.2, 0.25) is 0 Å². The molecule has 80 valence electrons. The van der Waals surface area contributed by atoms with Crippen LogP contribution in [-0.2, 0) is 4.74 Å². The van der Waals surface area contributed by atoms with Gasteiger partial charge in [0.15, 0.2) is 0 Å². The minimum Gasteiger partial charge on any atom is -0.385 e. The molecule has 13 heavy (non-hydrogen) atoms. The highest BCUT2D eigenvalue weighted by Crippen LogP contribution is 2.02. The van der Waals surface area contributed by atoms with E-state index in [1.54, 1.807) is 7.11 Å². The minimum atomic E-state index is 0.270. The summed E-state index contributed by atoms with van der Waals surface area (Å²) < 4.78 is 4.99. The van der Waals surface area contributed by atoms with Gasteiger partial charge in [-0.15, -0.1) is 0 Å². The Hall–Kier alpha value is -0.0800. The van der Waals surface area contributed by atoms with Crippen molar-refractivity contribution in [3.8, 4) is 0 Å². The first-order chi connectivity index (χ1) is 6.06. The summed E-state index contributed by atoms with van der Waals surface area (Å²) in [4.78, 5) is 0. The summed E-state index contributed by atoms with van der Waals surface area (Å²) in [7, 11) is 1.77. The molecule has 0 fully saturated rings. The van der Waals surface area contributed by atoms with Crippen LogP contribution in [0.4, 0.5) is 0 Å². The van der Waals surface area contributed by atoms with E-state index >= 15 is 0 Å². The van der Waals surface area contributed by atoms with Crippen molar-refractivity contribution in [1.82, 2.24) is 5.32 Å². The van der Waals surface area contributed by atoms with Crippen LogP contribution in [0.15, 0.2) is 0 Å². The molecule has 0 saturated carbocycles. The zero-order chi connectivity index (χ0) is 10.2. The van der Waals surface area contributed by atoms with Crippen molar-refractivity contribution in [1.29, 1.82) is 0 Å². The monoisotopic (exact) mass is 187 g/mol. The number of rotatable bonds is 7. The zero-order valence-electron chi connectivity index (χ0n) is 9.65. The van der Waals surface area contributed by atoms with E-state index in [0.29, 0.717) is 0 Å². The molecule has 0 aromatic carbocycles. The summed E-state index contributed by atoms with van der Waals surface area (Å²) >= 11 is 0.